The molecule has 8 nitrogen and oxygen atoms in total. The third kappa shape index (κ3) is 11.9. The lowest BCUT2D eigenvalue weighted by molar-refractivity contribution is 0.0725. The van der Waals surface area contributed by atoms with Gasteiger partial charge in [0.15, 0.2) is 0 Å². The van der Waals surface area contributed by atoms with Crippen LogP contribution in [0.15, 0.2) is 190 Å². The smallest absolute Gasteiger partial charge is 0.343 e. The Labute approximate surface area is 429 Å². The van der Waals surface area contributed by atoms with Crippen molar-refractivity contribution >= 4 is 50.5 Å². The summed E-state index contributed by atoms with van der Waals surface area (Å²) < 4.78 is 11.6. The second-order valence-corrected chi connectivity index (χ2v) is 20.1. The molecule has 0 N–H and O–H groups in total. The topological polar surface area (TPSA) is 102 Å². The Hall–Kier alpha value is -7.58. The van der Waals surface area contributed by atoms with Gasteiger partial charge in [-0.3, -0.25) is 0 Å². The second-order valence-electron chi connectivity index (χ2n) is 20.1. The molecule has 2 aliphatic carbocycles. The molecule has 2 fully saturated rings. The maximum absolute atomic E-state index is 13.2. The van der Waals surface area contributed by atoms with Crippen molar-refractivity contribution in [2.24, 2.45) is 32.3 Å². The molecule has 73 heavy (non-hydrogen) atoms. The van der Waals surface area contributed by atoms with Crippen molar-refractivity contribution in [1.29, 1.82) is 0 Å². The molecule has 8 aromatic rings. The normalized spacial score (nSPS) is 18.1. The highest BCUT2D eigenvalue weighted by molar-refractivity contribution is 6.10. The van der Waals surface area contributed by atoms with Gasteiger partial charge in [-0.2, -0.15) is 15.3 Å². The molecule has 0 amide bonds. The van der Waals surface area contributed by atoms with E-state index in [1.54, 1.807) is 24.3 Å². The third-order valence-electron chi connectivity index (χ3n) is 15.3. The molecular formula is C65H64N4O4. The molecule has 0 heterocycles. The minimum absolute atomic E-state index is 0.303. The van der Waals surface area contributed by atoms with Gasteiger partial charge >= 0.3 is 11.9 Å². The Morgan fingerprint density at radius 3 is 1.40 bits per heavy atom. The van der Waals surface area contributed by atoms with E-state index in [1.807, 2.05) is 72.8 Å². The van der Waals surface area contributed by atoms with E-state index in [9.17, 15) is 9.59 Å². The maximum Gasteiger partial charge on any atom is 0.343 e. The molecule has 368 valence electrons. The van der Waals surface area contributed by atoms with Gasteiger partial charge in [-0.1, -0.05) is 131 Å². The fourth-order valence-electron chi connectivity index (χ4n) is 11.3. The molecule has 2 aliphatic rings. The average Bonchev–Trinajstić information content (AvgIpc) is 3.44. The molecule has 8 heteroatoms. The zero-order chi connectivity index (χ0) is 49.9. The van der Waals surface area contributed by atoms with Gasteiger partial charge in [0, 0.05) is 5.56 Å². The quantitative estimate of drug-likeness (QED) is 0.0547. The Morgan fingerprint density at radius 2 is 0.904 bits per heavy atom. The van der Waals surface area contributed by atoms with Crippen LogP contribution in [0.1, 0.15) is 140 Å². The first-order chi connectivity index (χ1) is 35.9. The fraction of sp³-hybridized carbons (Fsp3) is 0.292. The number of rotatable bonds is 16. The van der Waals surface area contributed by atoms with Crippen molar-refractivity contribution in [3.8, 4) is 22.6 Å². The number of nitrogens with zero attached hydrogens (tertiary/aromatic N) is 4. The highest BCUT2D eigenvalue weighted by Gasteiger charge is 2.24. The number of hydrogen-bond donors (Lipinski definition) is 0. The molecule has 0 atom stereocenters. The number of ether oxygens (including phenoxy) is 2. The molecule has 0 bridgehead atoms. The van der Waals surface area contributed by atoms with E-state index in [0.29, 0.717) is 58.1 Å². The van der Waals surface area contributed by atoms with Crippen molar-refractivity contribution < 1.29 is 19.1 Å². The highest BCUT2D eigenvalue weighted by Crippen LogP contribution is 2.44. The minimum Gasteiger partial charge on any atom is -0.423 e. The monoisotopic (exact) mass is 964 g/mol. The summed E-state index contributed by atoms with van der Waals surface area (Å²) >= 11 is 0. The van der Waals surface area contributed by atoms with Crippen molar-refractivity contribution in [2.45, 2.75) is 109 Å². The summed E-state index contributed by atoms with van der Waals surface area (Å²) in [6.45, 7) is 4.85. The van der Waals surface area contributed by atoms with Crippen LogP contribution in [-0.2, 0) is 6.54 Å². The number of fused-ring (bicyclic) bond motifs is 2. The zero-order valence-electron chi connectivity index (χ0n) is 42.1. The van der Waals surface area contributed by atoms with E-state index in [2.05, 4.69) is 91.8 Å². The Kier molecular flexibility index (Phi) is 15.7. The minimum atomic E-state index is -0.388. The average molecular weight is 965 g/mol. The summed E-state index contributed by atoms with van der Waals surface area (Å²) in [5.74, 6) is 2.96. The van der Waals surface area contributed by atoms with E-state index in [4.69, 9.17) is 24.8 Å². The van der Waals surface area contributed by atoms with E-state index in [-0.39, 0.29) is 11.9 Å². The first kappa shape index (κ1) is 49.0. The number of carbonyl (C=O) groups is 2. The summed E-state index contributed by atoms with van der Waals surface area (Å²) in [6, 6.07) is 55.2. The van der Waals surface area contributed by atoms with Gasteiger partial charge in [-0.25, -0.2) is 9.59 Å². The van der Waals surface area contributed by atoms with Crippen LogP contribution in [0.2, 0.25) is 0 Å². The number of esters is 2. The number of hydrogen-bond acceptors (Lipinski definition) is 8. The van der Waals surface area contributed by atoms with Crippen LogP contribution >= 0.6 is 0 Å². The first-order valence-corrected chi connectivity index (χ1v) is 26.6. The van der Waals surface area contributed by atoms with Crippen LogP contribution in [0, 0.1) is 11.8 Å². The summed E-state index contributed by atoms with van der Waals surface area (Å²) in [5, 5.41) is 23.2. The van der Waals surface area contributed by atoms with Gasteiger partial charge in [0.25, 0.3) is 0 Å². The Bertz CT molecular complexity index is 3220. The van der Waals surface area contributed by atoms with Crippen molar-refractivity contribution in [1.82, 2.24) is 0 Å². The predicted octanol–water partition coefficient (Wildman–Crippen LogP) is 18.9. The Morgan fingerprint density at radius 1 is 0.452 bits per heavy atom. The summed E-state index contributed by atoms with van der Waals surface area (Å²) in [4.78, 5) is 26.3. The molecule has 0 aliphatic heterocycles. The van der Waals surface area contributed by atoms with Gasteiger partial charge in [0.2, 0.25) is 0 Å². The fourth-order valence-corrected chi connectivity index (χ4v) is 11.3. The molecule has 0 spiro atoms. The maximum atomic E-state index is 13.2. The third-order valence-corrected chi connectivity index (χ3v) is 15.3. The number of benzene rings is 8. The lowest BCUT2D eigenvalue weighted by Gasteiger charge is -2.28. The molecular weight excluding hydrogens is 901 g/mol. The van der Waals surface area contributed by atoms with Gasteiger partial charge in [-0.15, -0.1) is 5.11 Å². The Balaban J connectivity index is 0.821. The van der Waals surface area contributed by atoms with Crippen molar-refractivity contribution in [3.05, 3.63) is 198 Å². The van der Waals surface area contributed by atoms with Gasteiger partial charge in [0.05, 0.1) is 34.7 Å². The van der Waals surface area contributed by atoms with Crippen molar-refractivity contribution in [2.75, 3.05) is 0 Å². The van der Waals surface area contributed by atoms with E-state index in [0.717, 1.165) is 50.1 Å². The summed E-state index contributed by atoms with van der Waals surface area (Å²) in [6.07, 6.45) is 15.2. The van der Waals surface area contributed by atoms with Gasteiger partial charge < -0.3 is 9.47 Å². The first-order valence-electron chi connectivity index (χ1n) is 26.6. The van der Waals surface area contributed by atoms with Crippen molar-refractivity contribution in [3.63, 3.8) is 0 Å². The van der Waals surface area contributed by atoms with Crippen LogP contribution in [0.3, 0.4) is 0 Å². The van der Waals surface area contributed by atoms with Gasteiger partial charge in [-0.05, 0) is 198 Å². The van der Waals surface area contributed by atoms with Crippen LogP contribution in [-0.4, -0.2) is 11.9 Å². The number of carbonyl (C=O) groups excluding carboxylic acids is 2. The standard InChI is InChI=1S/C65H64N4O4/c1-3-9-44-15-19-46(20-16-44)48-23-28-52(29-24-48)64(70)72-57-38-34-55(35-39-57)67-66-43-54-32-27-50-11-5-7-13-59(50)62(54)63-60-14-8-6-12-51(60)33-42-61(63)69-68-56-36-40-58(41-37-56)73-65(71)53-30-25-49(26-31-53)47-21-17-45(10-4-2)18-22-47/h5-8,11-14,23-42,44-47H,3-4,9-10,15-22,43H2,1-2H3. The van der Waals surface area contributed by atoms with Crippen LogP contribution in [0.5, 0.6) is 11.5 Å². The lowest BCUT2D eigenvalue weighted by atomic mass is 9.77. The van der Waals surface area contributed by atoms with Crippen LogP contribution in [0.25, 0.3) is 32.7 Å². The lowest BCUT2D eigenvalue weighted by Crippen LogP contribution is -2.13. The summed E-state index contributed by atoms with van der Waals surface area (Å²) in [5.41, 5.74) is 8.58. The largest absolute Gasteiger partial charge is 0.423 e. The molecule has 8 aromatic carbocycles. The van der Waals surface area contributed by atoms with Crippen LogP contribution < -0.4 is 9.47 Å². The molecule has 0 saturated heterocycles. The number of azo groups is 2. The second kappa shape index (κ2) is 23.3. The predicted molar refractivity (Wildman–Crippen MR) is 294 cm³/mol. The summed E-state index contributed by atoms with van der Waals surface area (Å²) in [7, 11) is 0. The van der Waals surface area contributed by atoms with E-state index < -0.39 is 0 Å². The van der Waals surface area contributed by atoms with Gasteiger partial charge in [0.1, 0.15) is 11.5 Å². The molecule has 0 aromatic heterocycles. The van der Waals surface area contributed by atoms with Crippen LogP contribution in [0.4, 0.5) is 17.1 Å². The zero-order valence-corrected chi connectivity index (χ0v) is 42.1. The molecule has 2 saturated carbocycles. The highest BCUT2D eigenvalue weighted by atomic mass is 16.5. The SMILES string of the molecule is CCCC1CCC(c2ccc(C(=O)Oc3ccc(N=NCc4ccc5ccccc5c4-c4c(N=Nc5ccc(OC(=O)c6ccc(C7CCC(CCC)CC7)cc6)cc5)ccc5ccccc45)cc3)cc2)CC1. The molecule has 0 unspecified atom stereocenters. The molecule has 10 rings (SSSR count). The molecule has 0 radical (unpaired) electrons. The van der Waals surface area contributed by atoms with E-state index in [1.165, 1.54) is 88.2 Å². The van der Waals surface area contributed by atoms with E-state index >= 15 is 0 Å².